The summed E-state index contributed by atoms with van der Waals surface area (Å²) in [4.78, 5) is 11.9. The summed E-state index contributed by atoms with van der Waals surface area (Å²) in [5.41, 5.74) is 1.22. The number of amides is 1. The minimum Gasteiger partial charge on any atom is -0.444 e. The predicted octanol–water partition coefficient (Wildman–Crippen LogP) is 4.44. The normalized spacial score (nSPS) is 10.6. The lowest BCUT2D eigenvalue weighted by Gasteiger charge is -1.97. The summed E-state index contributed by atoms with van der Waals surface area (Å²) in [5.74, 6) is 0.691. The molecule has 0 unspecified atom stereocenters. The maximum Gasteiger partial charge on any atom is 0.293 e. The summed E-state index contributed by atoms with van der Waals surface area (Å²) in [6, 6.07) is 13.4. The Morgan fingerprint density at radius 2 is 2.05 bits per heavy atom. The number of aromatic nitrogens is 2. The van der Waals surface area contributed by atoms with E-state index in [2.05, 4.69) is 43.6 Å². The third kappa shape index (κ3) is 3.96. The Morgan fingerprint density at radius 1 is 1.23 bits per heavy atom. The highest BCUT2D eigenvalue weighted by Gasteiger charge is 2.13. The largest absolute Gasteiger partial charge is 0.444 e. The molecule has 3 aromatic rings. The highest BCUT2D eigenvalue weighted by molar-refractivity contribution is 9.10. The number of benzene rings is 1. The second-order valence-corrected chi connectivity index (χ2v) is 7.19. The van der Waals surface area contributed by atoms with Crippen LogP contribution in [0.3, 0.4) is 0 Å². The molecule has 2 heterocycles. The van der Waals surface area contributed by atoms with Gasteiger partial charge >= 0.3 is 0 Å². The molecular weight excluding hydrogens is 386 g/mol. The fourth-order valence-corrected chi connectivity index (χ4v) is 3.64. The Labute approximate surface area is 143 Å². The second kappa shape index (κ2) is 7.08. The molecule has 8 heteroatoms. The molecule has 1 N–H and O–H groups in total. The van der Waals surface area contributed by atoms with E-state index in [1.807, 2.05) is 18.2 Å². The molecular formula is C14H10BrN3O2S2. The number of carbonyl (C=O) groups is 1. The summed E-state index contributed by atoms with van der Waals surface area (Å²) in [5, 5.41) is 11.1. The van der Waals surface area contributed by atoms with E-state index in [-0.39, 0.29) is 11.7 Å². The van der Waals surface area contributed by atoms with Crippen molar-refractivity contribution in [1.82, 2.24) is 10.2 Å². The molecule has 0 bridgehead atoms. The number of hydrogen-bond donors (Lipinski definition) is 1. The van der Waals surface area contributed by atoms with Gasteiger partial charge in [0.05, 0.1) is 0 Å². The molecule has 1 amide bonds. The van der Waals surface area contributed by atoms with Gasteiger partial charge in [-0.2, -0.15) is 0 Å². The molecule has 0 aliphatic carbocycles. The summed E-state index contributed by atoms with van der Waals surface area (Å²) >= 11 is 6.08. The van der Waals surface area contributed by atoms with Crippen molar-refractivity contribution in [1.29, 1.82) is 0 Å². The van der Waals surface area contributed by atoms with E-state index >= 15 is 0 Å². The molecule has 0 saturated carbocycles. The van der Waals surface area contributed by atoms with Crippen LogP contribution in [0.4, 0.5) is 5.13 Å². The molecule has 112 valence electrons. The first-order valence-electron chi connectivity index (χ1n) is 6.27. The molecule has 0 aliphatic rings. The quantitative estimate of drug-likeness (QED) is 0.510. The zero-order valence-corrected chi connectivity index (χ0v) is 14.4. The molecule has 0 atom stereocenters. The molecule has 3 rings (SSSR count). The van der Waals surface area contributed by atoms with Crippen LogP contribution in [-0.4, -0.2) is 16.1 Å². The van der Waals surface area contributed by atoms with Gasteiger partial charge in [0.2, 0.25) is 5.13 Å². The van der Waals surface area contributed by atoms with Crippen molar-refractivity contribution >= 4 is 50.1 Å². The van der Waals surface area contributed by atoms with E-state index < -0.39 is 0 Å². The van der Waals surface area contributed by atoms with Gasteiger partial charge in [0.1, 0.15) is 0 Å². The zero-order chi connectivity index (χ0) is 15.4. The average Bonchev–Trinajstić information content (AvgIpc) is 3.15. The highest BCUT2D eigenvalue weighted by Crippen LogP contribution is 2.28. The Hall–Kier alpha value is -1.64. The number of carbonyl (C=O) groups excluding carboxylic acids is 1. The third-order valence-electron chi connectivity index (χ3n) is 2.63. The van der Waals surface area contributed by atoms with Gasteiger partial charge in [-0.25, -0.2) is 0 Å². The average molecular weight is 396 g/mol. The number of furan rings is 1. The summed E-state index contributed by atoms with van der Waals surface area (Å²) < 4.78 is 6.50. The topological polar surface area (TPSA) is 68.0 Å². The Morgan fingerprint density at radius 3 is 2.77 bits per heavy atom. The monoisotopic (exact) mass is 395 g/mol. The molecule has 0 saturated heterocycles. The van der Waals surface area contributed by atoms with Crippen LogP contribution in [0.2, 0.25) is 0 Å². The van der Waals surface area contributed by atoms with E-state index in [1.54, 1.807) is 23.9 Å². The fraction of sp³-hybridized carbons (Fsp3) is 0.0714. The molecule has 1 aromatic carbocycles. The van der Waals surface area contributed by atoms with Crippen molar-refractivity contribution in [3.05, 3.63) is 58.5 Å². The minimum atomic E-state index is -0.346. The van der Waals surface area contributed by atoms with Gasteiger partial charge < -0.3 is 4.42 Å². The maximum absolute atomic E-state index is 11.9. The number of rotatable bonds is 5. The molecule has 5 nitrogen and oxygen atoms in total. The van der Waals surface area contributed by atoms with Gasteiger partial charge in [-0.3, -0.25) is 10.1 Å². The van der Waals surface area contributed by atoms with Crippen molar-refractivity contribution < 1.29 is 9.21 Å². The van der Waals surface area contributed by atoms with Crippen LogP contribution in [-0.2, 0) is 5.75 Å². The number of nitrogens with one attached hydrogen (secondary N) is 1. The van der Waals surface area contributed by atoms with Crippen molar-refractivity contribution in [3.8, 4) is 0 Å². The Balaban J connectivity index is 1.58. The molecule has 0 spiro atoms. The van der Waals surface area contributed by atoms with Crippen LogP contribution < -0.4 is 5.32 Å². The van der Waals surface area contributed by atoms with Crippen molar-refractivity contribution in [2.45, 2.75) is 10.1 Å². The van der Waals surface area contributed by atoms with Gasteiger partial charge in [0, 0.05) is 5.75 Å². The maximum atomic E-state index is 11.9. The van der Waals surface area contributed by atoms with Crippen molar-refractivity contribution in [2.75, 3.05) is 5.32 Å². The minimum absolute atomic E-state index is 0.223. The van der Waals surface area contributed by atoms with Gasteiger partial charge in [-0.05, 0) is 33.6 Å². The summed E-state index contributed by atoms with van der Waals surface area (Å²) in [7, 11) is 0. The van der Waals surface area contributed by atoms with E-state index in [0.717, 1.165) is 10.1 Å². The Kier molecular flexibility index (Phi) is 4.91. The molecule has 0 radical (unpaired) electrons. The van der Waals surface area contributed by atoms with Crippen molar-refractivity contribution in [2.24, 2.45) is 0 Å². The fourth-order valence-electron chi connectivity index (χ4n) is 1.63. The van der Waals surface area contributed by atoms with E-state index in [1.165, 1.54) is 16.9 Å². The van der Waals surface area contributed by atoms with Crippen molar-refractivity contribution in [3.63, 3.8) is 0 Å². The lowest BCUT2D eigenvalue weighted by molar-refractivity contribution is 0.0995. The SMILES string of the molecule is O=C(Nc1nnc(SCc2ccccc2)s1)c1ccc(Br)o1. The first-order chi connectivity index (χ1) is 10.7. The zero-order valence-electron chi connectivity index (χ0n) is 11.2. The van der Waals surface area contributed by atoms with Crippen LogP contribution in [0.1, 0.15) is 16.1 Å². The summed E-state index contributed by atoms with van der Waals surface area (Å²) in [6.45, 7) is 0. The predicted molar refractivity (Wildman–Crippen MR) is 90.3 cm³/mol. The highest BCUT2D eigenvalue weighted by atomic mass is 79.9. The van der Waals surface area contributed by atoms with Crippen LogP contribution in [0, 0.1) is 0 Å². The number of nitrogens with zero attached hydrogens (tertiary/aromatic N) is 2. The second-order valence-electron chi connectivity index (χ2n) is 4.21. The van der Waals surface area contributed by atoms with E-state index in [9.17, 15) is 4.79 Å². The van der Waals surface area contributed by atoms with Crippen LogP contribution in [0.25, 0.3) is 0 Å². The van der Waals surface area contributed by atoms with E-state index in [4.69, 9.17) is 4.42 Å². The van der Waals surface area contributed by atoms with Gasteiger partial charge in [-0.15, -0.1) is 10.2 Å². The number of halogens is 1. The van der Waals surface area contributed by atoms with Gasteiger partial charge in [-0.1, -0.05) is 53.4 Å². The van der Waals surface area contributed by atoms with Crippen LogP contribution >= 0.6 is 39.0 Å². The smallest absolute Gasteiger partial charge is 0.293 e. The first-order valence-corrected chi connectivity index (χ1v) is 8.87. The molecule has 2 aromatic heterocycles. The van der Waals surface area contributed by atoms with Gasteiger partial charge in [0.15, 0.2) is 14.8 Å². The Bertz CT molecular complexity index is 773. The van der Waals surface area contributed by atoms with Crippen LogP contribution in [0.15, 0.2) is 55.9 Å². The first kappa shape index (κ1) is 15.3. The lowest BCUT2D eigenvalue weighted by Crippen LogP contribution is -2.10. The van der Waals surface area contributed by atoms with E-state index in [0.29, 0.717) is 9.80 Å². The molecule has 0 aliphatic heterocycles. The van der Waals surface area contributed by atoms with Crippen LogP contribution in [0.5, 0.6) is 0 Å². The summed E-state index contributed by atoms with van der Waals surface area (Å²) in [6.07, 6.45) is 0. The number of anilines is 1. The molecule has 0 fully saturated rings. The lowest BCUT2D eigenvalue weighted by atomic mass is 10.2. The number of hydrogen-bond acceptors (Lipinski definition) is 6. The standard InChI is InChI=1S/C14H10BrN3O2S2/c15-11-7-6-10(20-11)12(19)16-13-17-18-14(22-13)21-8-9-4-2-1-3-5-9/h1-7H,8H2,(H,16,17,19). The number of thioether (sulfide) groups is 1. The third-order valence-corrected chi connectivity index (χ3v) is 5.10. The van der Waals surface area contributed by atoms with Gasteiger partial charge in [0.25, 0.3) is 5.91 Å². The molecule has 22 heavy (non-hydrogen) atoms.